The third-order valence-electron chi connectivity index (χ3n) is 2.87. The Morgan fingerprint density at radius 1 is 1.14 bits per heavy atom. The predicted molar refractivity (Wildman–Crippen MR) is 81.6 cm³/mol. The van der Waals surface area contributed by atoms with Gasteiger partial charge in [0, 0.05) is 5.56 Å². The van der Waals surface area contributed by atoms with E-state index < -0.39 is 11.7 Å². The van der Waals surface area contributed by atoms with Crippen LogP contribution in [0.25, 0.3) is 0 Å². The summed E-state index contributed by atoms with van der Waals surface area (Å²) in [7, 11) is 0. The van der Waals surface area contributed by atoms with E-state index in [-0.39, 0.29) is 17.2 Å². The molecule has 2 aromatic rings. The van der Waals surface area contributed by atoms with Gasteiger partial charge in [0.15, 0.2) is 0 Å². The Morgan fingerprint density at radius 2 is 1.86 bits per heavy atom. The van der Waals surface area contributed by atoms with Gasteiger partial charge in [-0.15, -0.1) is 0 Å². The molecule has 6 heteroatoms. The van der Waals surface area contributed by atoms with Crippen molar-refractivity contribution in [2.45, 2.75) is 6.61 Å². The number of ether oxygens (including phenoxy) is 1. The molecule has 0 saturated carbocycles. The van der Waals surface area contributed by atoms with Crippen molar-refractivity contribution in [3.8, 4) is 5.75 Å². The normalized spacial score (nSPS) is 10.1. The molecule has 0 aliphatic carbocycles. The Morgan fingerprint density at radius 3 is 2.52 bits per heavy atom. The number of nitrogens with two attached hydrogens (primary N) is 2. The van der Waals surface area contributed by atoms with Gasteiger partial charge in [-0.05, 0) is 29.8 Å². The fourth-order valence-corrected chi connectivity index (χ4v) is 2.05. The molecule has 0 aliphatic rings. The zero-order valence-corrected chi connectivity index (χ0v) is 11.8. The lowest BCUT2D eigenvalue weighted by molar-refractivity contribution is 0.0996. The molecular weight excluding hydrogens is 291 g/mol. The Kier molecular flexibility index (Phi) is 4.49. The maximum atomic E-state index is 13.2. The molecular formula is C15H13FN2O2S. The Hall–Kier alpha value is -2.47. The number of para-hydroxylation sites is 1. The van der Waals surface area contributed by atoms with Crippen LogP contribution in [0, 0.1) is 5.82 Å². The molecule has 0 radical (unpaired) electrons. The van der Waals surface area contributed by atoms with Gasteiger partial charge in [0.25, 0.3) is 5.91 Å². The number of thiocarbonyl (C=S) groups is 1. The molecule has 1 amide bonds. The van der Waals surface area contributed by atoms with Gasteiger partial charge in [-0.1, -0.05) is 30.4 Å². The number of rotatable bonds is 5. The number of primary amides is 1. The quantitative estimate of drug-likeness (QED) is 0.830. The van der Waals surface area contributed by atoms with Crippen molar-refractivity contribution >= 4 is 23.1 Å². The fourth-order valence-electron chi connectivity index (χ4n) is 1.86. The monoisotopic (exact) mass is 304 g/mol. The summed E-state index contributed by atoms with van der Waals surface area (Å²) in [4.78, 5) is 11.4. The summed E-state index contributed by atoms with van der Waals surface area (Å²) in [5.74, 6) is -0.665. The summed E-state index contributed by atoms with van der Waals surface area (Å²) < 4.78 is 18.8. The Bertz CT molecular complexity index is 704. The summed E-state index contributed by atoms with van der Waals surface area (Å²) >= 11 is 4.89. The first-order valence-electron chi connectivity index (χ1n) is 6.09. The molecule has 2 rings (SSSR count). The first-order chi connectivity index (χ1) is 9.99. The van der Waals surface area contributed by atoms with Crippen molar-refractivity contribution in [3.63, 3.8) is 0 Å². The Labute approximate surface area is 126 Å². The maximum absolute atomic E-state index is 13.2. The highest BCUT2D eigenvalue weighted by Gasteiger charge is 2.11. The summed E-state index contributed by atoms with van der Waals surface area (Å²) in [5, 5.41) is 0. The van der Waals surface area contributed by atoms with Crippen LogP contribution in [0.4, 0.5) is 4.39 Å². The maximum Gasteiger partial charge on any atom is 0.252 e. The van der Waals surface area contributed by atoms with E-state index in [9.17, 15) is 9.18 Å². The van der Waals surface area contributed by atoms with Crippen molar-refractivity contribution in [3.05, 3.63) is 65.0 Å². The lowest BCUT2D eigenvalue weighted by Crippen LogP contribution is -2.15. The van der Waals surface area contributed by atoms with Crippen molar-refractivity contribution in [1.29, 1.82) is 0 Å². The van der Waals surface area contributed by atoms with Gasteiger partial charge in [0.2, 0.25) is 0 Å². The number of benzene rings is 2. The van der Waals surface area contributed by atoms with Crippen LogP contribution in [-0.2, 0) is 6.61 Å². The molecule has 0 bridgehead atoms. The minimum Gasteiger partial charge on any atom is -0.488 e. The van der Waals surface area contributed by atoms with Gasteiger partial charge in [-0.25, -0.2) is 4.39 Å². The molecule has 0 atom stereocenters. The van der Waals surface area contributed by atoms with E-state index in [0.717, 1.165) is 0 Å². The fraction of sp³-hybridized carbons (Fsp3) is 0.0667. The highest BCUT2D eigenvalue weighted by atomic mass is 32.1. The van der Waals surface area contributed by atoms with E-state index >= 15 is 0 Å². The third-order valence-corrected chi connectivity index (χ3v) is 3.09. The van der Waals surface area contributed by atoms with Crippen LogP contribution in [0.5, 0.6) is 5.75 Å². The topological polar surface area (TPSA) is 78.3 Å². The first-order valence-corrected chi connectivity index (χ1v) is 6.49. The summed E-state index contributed by atoms with van der Waals surface area (Å²) in [6.45, 7) is 0.0945. The molecule has 0 spiro atoms. The number of carbonyl (C=O) groups is 1. The lowest BCUT2D eigenvalue weighted by Gasteiger charge is -2.12. The van der Waals surface area contributed by atoms with E-state index in [0.29, 0.717) is 16.9 Å². The van der Waals surface area contributed by atoms with Gasteiger partial charge in [0.1, 0.15) is 23.2 Å². The number of hydrogen-bond donors (Lipinski definition) is 2. The van der Waals surface area contributed by atoms with E-state index in [2.05, 4.69) is 0 Å². The smallest absolute Gasteiger partial charge is 0.252 e. The van der Waals surface area contributed by atoms with Crippen LogP contribution >= 0.6 is 12.2 Å². The SMILES string of the molecule is NC(=O)c1ccccc1OCc1ccc(F)cc1C(N)=S. The lowest BCUT2D eigenvalue weighted by atomic mass is 10.1. The highest BCUT2D eigenvalue weighted by molar-refractivity contribution is 7.80. The van der Waals surface area contributed by atoms with E-state index in [1.165, 1.54) is 18.2 Å². The number of carbonyl (C=O) groups excluding carboxylic acids is 1. The van der Waals surface area contributed by atoms with Crippen LogP contribution in [0.1, 0.15) is 21.5 Å². The second kappa shape index (κ2) is 6.32. The van der Waals surface area contributed by atoms with Gasteiger partial charge in [-0.2, -0.15) is 0 Å². The summed E-state index contributed by atoms with van der Waals surface area (Å²) in [6, 6.07) is 10.7. The van der Waals surface area contributed by atoms with Crippen molar-refractivity contribution < 1.29 is 13.9 Å². The van der Waals surface area contributed by atoms with Gasteiger partial charge >= 0.3 is 0 Å². The van der Waals surface area contributed by atoms with E-state index in [4.69, 9.17) is 28.4 Å². The molecule has 0 unspecified atom stereocenters. The molecule has 0 aliphatic heterocycles. The minimum absolute atomic E-state index is 0.0799. The molecule has 21 heavy (non-hydrogen) atoms. The van der Waals surface area contributed by atoms with Crippen LogP contribution in [0.2, 0.25) is 0 Å². The summed E-state index contributed by atoms with van der Waals surface area (Å²) in [5.41, 5.74) is 12.1. The second-order valence-corrected chi connectivity index (χ2v) is 4.75. The molecule has 0 aromatic heterocycles. The molecule has 0 fully saturated rings. The van der Waals surface area contributed by atoms with Crippen LogP contribution in [0.3, 0.4) is 0 Å². The first kappa shape index (κ1) is 14.9. The Balaban J connectivity index is 2.25. The minimum atomic E-state index is -0.584. The average molecular weight is 304 g/mol. The van der Waals surface area contributed by atoms with Crippen molar-refractivity contribution in [2.24, 2.45) is 11.5 Å². The van der Waals surface area contributed by atoms with Gasteiger partial charge < -0.3 is 16.2 Å². The van der Waals surface area contributed by atoms with Gasteiger partial charge in [0.05, 0.1) is 5.56 Å². The largest absolute Gasteiger partial charge is 0.488 e. The molecule has 2 aromatic carbocycles. The third kappa shape index (κ3) is 3.55. The molecule has 0 saturated heterocycles. The molecule has 4 nitrogen and oxygen atoms in total. The summed E-state index contributed by atoms with van der Waals surface area (Å²) in [6.07, 6.45) is 0. The number of amides is 1. The molecule has 4 N–H and O–H groups in total. The van der Waals surface area contributed by atoms with Gasteiger partial charge in [-0.3, -0.25) is 4.79 Å². The predicted octanol–water partition coefficient (Wildman–Crippen LogP) is 2.14. The molecule has 0 heterocycles. The zero-order valence-electron chi connectivity index (χ0n) is 11.0. The second-order valence-electron chi connectivity index (χ2n) is 4.31. The number of halogens is 1. The standard InChI is InChI=1S/C15H13FN2O2S/c16-10-6-5-9(12(7-10)15(18)21)8-20-13-4-2-1-3-11(13)14(17)19/h1-7H,8H2,(H2,17,19)(H2,18,21). The van der Waals surface area contributed by atoms with Crippen LogP contribution in [-0.4, -0.2) is 10.9 Å². The van der Waals surface area contributed by atoms with Crippen molar-refractivity contribution in [1.82, 2.24) is 0 Å². The van der Waals surface area contributed by atoms with Crippen molar-refractivity contribution in [2.75, 3.05) is 0 Å². The van der Waals surface area contributed by atoms with Crippen LogP contribution < -0.4 is 16.2 Å². The molecule has 108 valence electrons. The average Bonchev–Trinajstić information content (AvgIpc) is 2.46. The van der Waals surface area contributed by atoms with Crippen LogP contribution in [0.15, 0.2) is 42.5 Å². The van der Waals surface area contributed by atoms with E-state index in [1.54, 1.807) is 24.3 Å². The number of hydrogen-bond acceptors (Lipinski definition) is 3. The van der Waals surface area contributed by atoms with E-state index in [1.807, 2.05) is 0 Å². The highest BCUT2D eigenvalue weighted by Crippen LogP contribution is 2.20. The zero-order chi connectivity index (χ0) is 15.4.